The monoisotopic (exact) mass is 270 g/mol. The molecule has 18 heavy (non-hydrogen) atoms. The molecule has 0 bridgehead atoms. The lowest BCUT2D eigenvalue weighted by atomic mass is 9.88. The standard InChI is InChI=1S/C13H15ClO4/c1-7(8(2)13(16)17)12(15)9-4-5-11(18-3)10(14)6-9/h4-8H,1-3H3,(H,16,17). The Bertz CT molecular complexity index is 470. The van der Waals surface area contributed by atoms with Crippen molar-refractivity contribution < 1.29 is 19.4 Å². The first-order valence-corrected chi connectivity index (χ1v) is 5.86. The van der Waals surface area contributed by atoms with E-state index in [1.807, 2.05) is 0 Å². The van der Waals surface area contributed by atoms with E-state index in [0.717, 1.165) is 0 Å². The average Bonchev–Trinajstić information content (AvgIpc) is 2.35. The van der Waals surface area contributed by atoms with Crippen LogP contribution < -0.4 is 4.74 Å². The van der Waals surface area contributed by atoms with Gasteiger partial charge in [-0.3, -0.25) is 9.59 Å². The summed E-state index contributed by atoms with van der Waals surface area (Å²) in [5.74, 6) is -2.09. The third kappa shape index (κ3) is 3.01. The molecule has 0 aliphatic carbocycles. The molecule has 0 amide bonds. The summed E-state index contributed by atoms with van der Waals surface area (Å²) in [4.78, 5) is 22.9. The van der Waals surface area contributed by atoms with Gasteiger partial charge in [-0.05, 0) is 18.2 Å². The molecule has 0 heterocycles. The molecular weight excluding hydrogens is 256 g/mol. The number of Topliss-reactive ketones (excluding diaryl/α,β-unsaturated/α-hetero) is 1. The van der Waals surface area contributed by atoms with E-state index in [0.29, 0.717) is 16.3 Å². The number of carboxylic acid groups (broad SMARTS) is 1. The molecule has 0 fully saturated rings. The summed E-state index contributed by atoms with van der Waals surface area (Å²) in [6.07, 6.45) is 0. The Morgan fingerprint density at radius 2 is 1.89 bits per heavy atom. The van der Waals surface area contributed by atoms with Crippen molar-refractivity contribution in [3.05, 3.63) is 28.8 Å². The predicted molar refractivity (Wildman–Crippen MR) is 68.3 cm³/mol. The van der Waals surface area contributed by atoms with Crippen LogP contribution in [0.1, 0.15) is 24.2 Å². The molecule has 0 aliphatic rings. The SMILES string of the molecule is COc1ccc(C(=O)C(C)C(C)C(=O)O)cc1Cl. The maximum atomic E-state index is 12.1. The van der Waals surface area contributed by atoms with Gasteiger partial charge in [0.25, 0.3) is 0 Å². The number of rotatable bonds is 5. The van der Waals surface area contributed by atoms with Crippen molar-refractivity contribution >= 4 is 23.4 Å². The first-order chi connectivity index (χ1) is 8.38. The summed E-state index contributed by atoms with van der Waals surface area (Å²) >= 11 is 5.93. The molecule has 4 nitrogen and oxygen atoms in total. The number of aliphatic carboxylic acids is 1. The minimum atomic E-state index is -0.990. The van der Waals surface area contributed by atoms with Crippen LogP contribution in [0.25, 0.3) is 0 Å². The number of halogens is 1. The highest BCUT2D eigenvalue weighted by Crippen LogP contribution is 2.27. The molecule has 0 aliphatic heterocycles. The Hall–Kier alpha value is -1.55. The molecular formula is C13H15ClO4. The summed E-state index contributed by atoms with van der Waals surface area (Å²) < 4.78 is 4.99. The van der Waals surface area contributed by atoms with Gasteiger partial charge in [0.15, 0.2) is 5.78 Å². The fourth-order valence-corrected chi connectivity index (χ4v) is 1.78. The Kier molecular flexibility index (Phi) is 4.73. The zero-order valence-electron chi connectivity index (χ0n) is 10.4. The lowest BCUT2D eigenvalue weighted by Gasteiger charge is -2.15. The molecule has 0 saturated carbocycles. The van der Waals surface area contributed by atoms with Crippen LogP contribution >= 0.6 is 11.6 Å². The van der Waals surface area contributed by atoms with Gasteiger partial charge in [-0.1, -0.05) is 25.4 Å². The molecule has 0 saturated heterocycles. The molecule has 98 valence electrons. The fourth-order valence-electron chi connectivity index (χ4n) is 1.52. The number of carbonyl (C=O) groups is 2. The van der Waals surface area contributed by atoms with Gasteiger partial charge in [0.2, 0.25) is 0 Å². The molecule has 1 aromatic rings. The second kappa shape index (κ2) is 5.87. The van der Waals surface area contributed by atoms with Crippen LogP contribution in [0.4, 0.5) is 0 Å². The molecule has 5 heteroatoms. The number of hydrogen-bond donors (Lipinski definition) is 1. The number of methoxy groups -OCH3 is 1. The van der Waals surface area contributed by atoms with Gasteiger partial charge in [-0.2, -0.15) is 0 Å². The van der Waals surface area contributed by atoms with Crippen LogP contribution in [-0.4, -0.2) is 24.0 Å². The Balaban J connectivity index is 2.97. The van der Waals surface area contributed by atoms with Crippen molar-refractivity contribution in [2.24, 2.45) is 11.8 Å². The zero-order chi connectivity index (χ0) is 13.9. The maximum absolute atomic E-state index is 12.1. The molecule has 1 aromatic carbocycles. The van der Waals surface area contributed by atoms with E-state index in [4.69, 9.17) is 21.4 Å². The zero-order valence-corrected chi connectivity index (χ0v) is 11.2. The third-order valence-corrected chi connectivity index (χ3v) is 3.28. The summed E-state index contributed by atoms with van der Waals surface area (Å²) in [7, 11) is 1.48. The van der Waals surface area contributed by atoms with E-state index in [-0.39, 0.29) is 5.78 Å². The molecule has 1 N–H and O–H groups in total. The smallest absolute Gasteiger partial charge is 0.306 e. The van der Waals surface area contributed by atoms with Gasteiger partial charge in [-0.15, -0.1) is 0 Å². The van der Waals surface area contributed by atoms with Gasteiger partial charge in [0, 0.05) is 11.5 Å². The largest absolute Gasteiger partial charge is 0.495 e. The number of hydrogen-bond acceptors (Lipinski definition) is 3. The second-order valence-electron chi connectivity index (χ2n) is 4.13. The molecule has 0 aromatic heterocycles. The van der Waals surface area contributed by atoms with Crippen LogP contribution in [0, 0.1) is 11.8 Å². The molecule has 1 rings (SSSR count). The van der Waals surface area contributed by atoms with E-state index in [1.54, 1.807) is 19.1 Å². The molecule has 2 atom stereocenters. The van der Waals surface area contributed by atoms with Crippen LogP contribution in [0.15, 0.2) is 18.2 Å². The molecule has 0 spiro atoms. The second-order valence-corrected chi connectivity index (χ2v) is 4.54. The van der Waals surface area contributed by atoms with E-state index >= 15 is 0 Å². The van der Waals surface area contributed by atoms with E-state index in [1.165, 1.54) is 20.1 Å². The highest BCUT2D eigenvalue weighted by molar-refractivity contribution is 6.32. The average molecular weight is 271 g/mol. The van der Waals surface area contributed by atoms with Crippen molar-refractivity contribution in [3.8, 4) is 5.75 Å². The molecule has 2 unspecified atom stereocenters. The fraction of sp³-hybridized carbons (Fsp3) is 0.385. The van der Waals surface area contributed by atoms with Crippen molar-refractivity contribution in [2.45, 2.75) is 13.8 Å². The highest BCUT2D eigenvalue weighted by atomic mass is 35.5. The van der Waals surface area contributed by atoms with Gasteiger partial charge < -0.3 is 9.84 Å². The minimum Gasteiger partial charge on any atom is -0.495 e. The quantitative estimate of drug-likeness (QED) is 0.836. The van der Waals surface area contributed by atoms with Crippen LogP contribution in [0.2, 0.25) is 5.02 Å². The van der Waals surface area contributed by atoms with Crippen molar-refractivity contribution in [1.82, 2.24) is 0 Å². The Morgan fingerprint density at radius 3 is 2.33 bits per heavy atom. The Labute approximate surface area is 111 Å². The molecule has 0 radical (unpaired) electrons. The first-order valence-electron chi connectivity index (χ1n) is 5.49. The van der Waals surface area contributed by atoms with E-state index < -0.39 is 17.8 Å². The normalized spacial score (nSPS) is 13.8. The third-order valence-electron chi connectivity index (χ3n) is 2.99. The van der Waals surface area contributed by atoms with Gasteiger partial charge >= 0.3 is 5.97 Å². The van der Waals surface area contributed by atoms with Gasteiger partial charge in [-0.25, -0.2) is 0 Å². The summed E-state index contributed by atoms with van der Waals surface area (Å²) in [5, 5.41) is 9.22. The first kappa shape index (κ1) is 14.5. The van der Waals surface area contributed by atoms with Gasteiger partial charge in [0.05, 0.1) is 18.1 Å². The summed E-state index contributed by atoms with van der Waals surface area (Å²) in [6.45, 7) is 3.11. The number of benzene rings is 1. The highest BCUT2D eigenvalue weighted by Gasteiger charge is 2.26. The van der Waals surface area contributed by atoms with Crippen molar-refractivity contribution in [3.63, 3.8) is 0 Å². The topological polar surface area (TPSA) is 63.6 Å². The number of ether oxygens (including phenoxy) is 1. The van der Waals surface area contributed by atoms with Crippen molar-refractivity contribution in [1.29, 1.82) is 0 Å². The van der Waals surface area contributed by atoms with E-state index in [9.17, 15) is 9.59 Å². The number of carboxylic acids is 1. The summed E-state index contributed by atoms with van der Waals surface area (Å²) in [6, 6.07) is 4.67. The van der Waals surface area contributed by atoms with E-state index in [2.05, 4.69) is 0 Å². The van der Waals surface area contributed by atoms with Crippen LogP contribution in [0.5, 0.6) is 5.75 Å². The number of ketones is 1. The minimum absolute atomic E-state index is 0.241. The maximum Gasteiger partial charge on any atom is 0.306 e. The lowest BCUT2D eigenvalue weighted by Crippen LogP contribution is -2.25. The van der Waals surface area contributed by atoms with Crippen LogP contribution in [-0.2, 0) is 4.79 Å². The van der Waals surface area contributed by atoms with Crippen LogP contribution in [0.3, 0.4) is 0 Å². The van der Waals surface area contributed by atoms with Gasteiger partial charge in [0.1, 0.15) is 5.75 Å². The lowest BCUT2D eigenvalue weighted by molar-refractivity contribution is -0.142. The Morgan fingerprint density at radius 1 is 1.28 bits per heavy atom. The predicted octanol–water partition coefficient (Wildman–Crippen LogP) is 2.89. The summed E-state index contributed by atoms with van der Waals surface area (Å²) in [5.41, 5.74) is 0.390. The number of carbonyl (C=O) groups excluding carboxylic acids is 1. The van der Waals surface area contributed by atoms with Crippen molar-refractivity contribution in [2.75, 3.05) is 7.11 Å².